The summed E-state index contributed by atoms with van der Waals surface area (Å²) in [5.41, 5.74) is 0.298. The summed E-state index contributed by atoms with van der Waals surface area (Å²) in [5, 5.41) is 2.52. The van der Waals surface area contributed by atoms with Crippen LogP contribution < -0.4 is 5.32 Å². The molecule has 2 aromatic rings. The molecule has 8 heteroatoms. The topological polar surface area (TPSA) is 75.2 Å². The molecule has 1 saturated carbocycles. The van der Waals surface area contributed by atoms with Crippen molar-refractivity contribution >= 4 is 17.5 Å². The lowest BCUT2D eigenvalue weighted by Crippen LogP contribution is -2.50. The van der Waals surface area contributed by atoms with Crippen LogP contribution in [-0.4, -0.2) is 39.3 Å². The first kappa shape index (κ1) is 18.5. The van der Waals surface area contributed by atoms with E-state index in [2.05, 4.69) is 15.3 Å². The van der Waals surface area contributed by atoms with Crippen LogP contribution in [0, 0.1) is 11.6 Å². The molecule has 2 fully saturated rings. The van der Waals surface area contributed by atoms with E-state index in [1.165, 1.54) is 4.90 Å². The Hall–Kier alpha value is -2.90. The number of amides is 2. The highest BCUT2D eigenvalue weighted by atomic mass is 19.1. The summed E-state index contributed by atoms with van der Waals surface area (Å²) in [6.45, 7) is 0.428. The van der Waals surface area contributed by atoms with E-state index >= 15 is 0 Å². The van der Waals surface area contributed by atoms with E-state index < -0.39 is 23.6 Å². The van der Waals surface area contributed by atoms with Crippen molar-refractivity contribution in [3.05, 3.63) is 53.6 Å². The average Bonchev–Trinajstić information content (AvgIpc) is 3.52. The largest absolute Gasteiger partial charge is 0.325 e. The lowest BCUT2D eigenvalue weighted by atomic mass is 10.0. The fraction of sp³-hybridized carbons (Fsp3) is 0.400. The van der Waals surface area contributed by atoms with Gasteiger partial charge in [0, 0.05) is 30.4 Å². The molecule has 1 aromatic heterocycles. The van der Waals surface area contributed by atoms with Gasteiger partial charge in [-0.15, -0.1) is 0 Å². The number of aromatic nitrogens is 2. The molecule has 146 valence electrons. The summed E-state index contributed by atoms with van der Waals surface area (Å²) >= 11 is 0. The first-order valence-electron chi connectivity index (χ1n) is 9.42. The Labute approximate surface area is 161 Å². The molecule has 1 aliphatic carbocycles. The van der Waals surface area contributed by atoms with E-state index in [9.17, 15) is 18.4 Å². The number of carbonyl (C=O) groups is 2. The second-order valence-electron chi connectivity index (χ2n) is 7.23. The van der Waals surface area contributed by atoms with Crippen molar-refractivity contribution in [3.63, 3.8) is 0 Å². The fourth-order valence-electron chi connectivity index (χ4n) is 3.48. The molecule has 1 N–H and O–H groups in total. The number of piperidine rings is 1. The molecule has 2 amide bonds. The van der Waals surface area contributed by atoms with Gasteiger partial charge in [-0.3, -0.25) is 9.59 Å². The number of halogens is 2. The Balaban J connectivity index is 1.52. The highest BCUT2D eigenvalue weighted by Crippen LogP contribution is 2.37. The number of likely N-dealkylation sites (tertiary alicyclic amines) is 1. The van der Waals surface area contributed by atoms with E-state index in [4.69, 9.17) is 0 Å². The van der Waals surface area contributed by atoms with Gasteiger partial charge in [0.1, 0.15) is 29.2 Å². The van der Waals surface area contributed by atoms with Crippen molar-refractivity contribution in [1.29, 1.82) is 0 Å². The SMILES string of the molecule is O=C(Nc1cc(F)cc(F)c1)[C@@H]1CCCCN1C(=O)c1ccnc(C2CC2)n1. The van der Waals surface area contributed by atoms with E-state index in [1.807, 2.05) is 0 Å². The van der Waals surface area contributed by atoms with Gasteiger partial charge in [0.15, 0.2) is 0 Å². The van der Waals surface area contributed by atoms with Crippen molar-refractivity contribution in [2.45, 2.75) is 44.1 Å². The summed E-state index contributed by atoms with van der Waals surface area (Å²) in [7, 11) is 0. The Morgan fingerprint density at radius 1 is 1.07 bits per heavy atom. The molecular formula is C20H20F2N4O2. The van der Waals surface area contributed by atoms with Crippen molar-refractivity contribution in [2.24, 2.45) is 0 Å². The second-order valence-corrected chi connectivity index (χ2v) is 7.23. The zero-order valence-corrected chi connectivity index (χ0v) is 15.2. The number of rotatable bonds is 4. The molecule has 4 rings (SSSR count). The Morgan fingerprint density at radius 3 is 2.54 bits per heavy atom. The van der Waals surface area contributed by atoms with Crippen molar-refractivity contribution < 1.29 is 18.4 Å². The van der Waals surface area contributed by atoms with Crippen molar-refractivity contribution in [3.8, 4) is 0 Å². The average molecular weight is 386 g/mol. The van der Waals surface area contributed by atoms with Crippen LogP contribution in [0.1, 0.15) is 54.3 Å². The van der Waals surface area contributed by atoms with Crippen LogP contribution in [0.2, 0.25) is 0 Å². The number of nitrogens with zero attached hydrogens (tertiary/aromatic N) is 3. The fourth-order valence-corrected chi connectivity index (χ4v) is 3.48. The second kappa shape index (κ2) is 7.61. The van der Waals surface area contributed by atoms with Gasteiger partial charge in [0.2, 0.25) is 5.91 Å². The molecular weight excluding hydrogens is 366 g/mol. The van der Waals surface area contributed by atoms with Crippen LogP contribution >= 0.6 is 0 Å². The number of hydrogen-bond donors (Lipinski definition) is 1. The summed E-state index contributed by atoms with van der Waals surface area (Å²) in [5.74, 6) is -1.36. The molecule has 0 unspecified atom stereocenters. The van der Waals surface area contributed by atoms with Gasteiger partial charge in [-0.2, -0.15) is 0 Å². The Morgan fingerprint density at radius 2 is 1.82 bits per heavy atom. The molecule has 0 spiro atoms. The van der Waals surface area contributed by atoms with Gasteiger partial charge in [-0.25, -0.2) is 18.7 Å². The van der Waals surface area contributed by atoms with E-state index in [0.717, 1.165) is 43.9 Å². The highest BCUT2D eigenvalue weighted by Gasteiger charge is 2.34. The minimum atomic E-state index is -0.777. The number of anilines is 1. The lowest BCUT2D eigenvalue weighted by molar-refractivity contribution is -0.121. The molecule has 2 heterocycles. The molecule has 6 nitrogen and oxygen atoms in total. The predicted molar refractivity (Wildman–Crippen MR) is 97.7 cm³/mol. The summed E-state index contributed by atoms with van der Waals surface area (Å²) < 4.78 is 26.8. The standard InChI is InChI=1S/C20H20F2N4O2/c21-13-9-14(22)11-15(10-13)24-19(27)17-3-1-2-8-26(17)20(28)16-6-7-23-18(25-16)12-4-5-12/h6-7,9-12,17H,1-5,8H2,(H,24,27)/t17-/m0/s1. The number of carbonyl (C=O) groups excluding carboxylic acids is 2. The first-order chi connectivity index (χ1) is 13.5. The van der Waals surface area contributed by atoms with Crippen LogP contribution in [0.5, 0.6) is 0 Å². The third kappa shape index (κ3) is 4.00. The molecule has 1 aliphatic heterocycles. The van der Waals surface area contributed by atoms with Crippen LogP contribution in [0.3, 0.4) is 0 Å². The third-order valence-electron chi connectivity index (χ3n) is 5.03. The summed E-state index contributed by atoms with van der Waals surface area (Å²) in [6, 6.07) is 3.66. The smallest absolute Gasteiger partial charge is 0.273 e. The van der Waals surface area contributed by atoms with Gasteiger partial charge in [-0.1, -0.05) is 0 Å². The monoisotopic (exact) mass is 386 g/mol. The third-order valence-corrected chi connectivity index (χ3v) is 5.03. The molecule has 1 saturated heterocycles. The van der Waals surface area contributed by atoms with Crippen LogP contribution in [-0.2, 0) is 4.79 Å². The molecule has 2 aliphatic rings. The normalized spacial score (nSPS) is 19.4. The maximum absolute atomic E-state index is 13.4. The van der Waals surface area contributed by atoms with Crippen LogP contribution in [0.15, 0.2) is 30.5 Å². The van der Waals surface area contributed by atoms with Gasteiger partial charge >= 0.3 is 0 Å². The number of hydrogen-bond acceptors (Lipinski definition) is 4. The van der Waals surface area contributed by atoms with E-state index in [0.29, 0.717) is 24.7 Å². The maximum Gasteiger partial charge on any atom is 0.273 e. The van der Waals surface area contributed by atoms with E-state index in [-0.39, 0.29) is 17.3 Å². The molecule has 1 atom stereocenters. The highest BCUT2D eigenvalue weighted by molar-refractivity contribution is 6.00. The zero-order chi connectivity index (χ0) is 19.7. The maximum atomic E-state index is 13.4. The number of nitrogens with one attached hydrogen (secondary N) is 1. The Kier molecular flexibility index (Phi) is 5.02. The molecule has 0 radical (unpaired) electrons. The van der Waals surface area contributed by atoms with Crippen LogP contribution in [0.25, 0.3) is 0 Å². The van der Waals surface area contributed by atoms with Crippen LogP contribution in [0.4, 0.5) is 14.5 Å². The molecule has 0 bridgehead atoms. The Bertz CT molecular complexity index is 897. The molecule has 1 aromatic carbocycles. The summed E-state index contributed by atoms with van der Waals surface area (Å²) in [6.07, 6.45) is 5.67. The summed E-state index contributed by atoms with van der Waals surface area (Å²) in [4.78, 5) is 35.8. The van der Waals surface area contributed by atoms with Gasteiger partial charge in [0.25, 0.3) is 5.91 Å². The molecule has 28 heavy (non-hydrogen) atoms. The minimum absolute atomic E-state index is 0.0264. The number of benzene rings is 1. The van der Waals surface area contributed by atoms with Crippen molar-refractivity contribution in [2.75, 3.05) is 11.9 Å². The van der Waals surface area contributed by atoms with Crippen molar-refractivity contribution in [1.82, 2.24) is 14.9 Å². The zero-order valence-electron chi connectivity index (χ0n) is 15.2. The minimum Gasteiger partial charge on any atom is -0.325 e. The van der Waals surface area contributed by atoms with Gasteiger partial charge in [-0.05, 0) is 50.3 Å². The predicted octanol–water partition coefficient (Wildman–Crippen LogP) is 3.27. The van der Waals surface area contributed by atoms with E-state index in [1.54, 1.807) is 12.3 Å². The first-order valence-corrected chi connectivity index (χ1v) is 9.42. The lowest BCUT2D eigenvalue weighted by Gasteiger charge is -2.34. The quantitative estimate of drug-likeness (QED) is 0.875. The van der Waals surface area contributed by atoms with Gasteiger partial charge < -0.3 is 10.2 Å². The van der Waals surface area contributed by atoms with Gasteiger partial charge in [0.05, 0.1) is 0 Å².